The average Bonchev–Trinajstić information content (AvgIpc) is 3.26. The number of aryl methyl sites for hydroxylation is 1. The standard InChI is InChI=1S/C26H37N3O3S/c1-6-19(4)15-28(26(31)27-18(2)3)16-25(30)29-13-11-24-22(12-14-33-24)23(29)17-32-21-9-7-20(5)8-10-21/h7-10,12,14,18-19,23H,6,11,13,15-17H2,1-5H3,(H,27,31)/t19-,23-/m1/s1. The van der Waals surface area contributed by atoms with Crippen molar-refractivity contribution in [2.24, 2.45) is 5.92 Å². The van der Waals surface area contributed by atoms with E-state index in [0.29, 0.717) is 25.6 Å². The van der Waals surface area contributed by atoms with Crippen LogP contribution in [0.4, 0.5) is 4.79 Å². The molecular weight excluding hydrogens is 434 g/mol. The highest BCUT2D eigenvalue weighted by Crippen LogP contribution is 2.34. The van der Waals surface area contributed by atoms with Gasteiger partial charge >= 0.3 is 6.03 Å². The summed E-state index contributed by atoms with van der Waals surface area (Å²) in [5, 5.41) is 5.03. The number of amides is 3. The average molecular weight is 472 g/mol. The van der Waals surface area contributed by atoms with Crippen molar-refractivity contribution in [2.45, 2.75) is 59.5 Å². The number of fused-ring (bicyclic) bond motifs is 1. The molecule has 0 saturated heterocycles. The highest BCUT2D eigenvalue weighted by molar-refractivity contribution is 7.10. The topological polar surface area (TPSA) is 61.9 Å². The minimum Gasteiger partial charge on any atom is -0.491 e. The maximum Gasteiger partial charge on any atom is 0.318 e. The summed E-state index contributed by atoms with van der Waals surface area (Å²) in [7, 11) is 0. The van der Waals surface area contributed by atoms with Gasteiger partial charge in [0.15, 0.2) is 0 Å². The van der Waals surface area contributed by atoms with Gasteiger partial charge in [-0.3, -0.25) is 4.79 Å². The number of hydrogen-bond donors (Lipinski definition) is 1. The first-order valence-electron chi connectivity index (χ1n) is 11.9. The van der Waals surface area contributed by atoms with Gasteiger partial charge in [-0.05, 0) is 62.3 Å². The number of hydrogen-bond acceptors (Lipinski definition) is 4. The summed E-state index contributed by atoms with van der Waals surface area (Å²) >= 11 is 1.74. The molecule has 0 radical (unpaired) electrons. The summed E-state index contributed by atoms with van der Waals surface area (Å²) in [4.78, 5) is 31.2. The summed E-state index contributed by atoms with van der Waals surface area (Å²) in [5.74, 6) is 1.08. The first-order chi connectivity index (χ1) is 15.8. The first kappa shape index (κ1) is 25.1. The second-order valence-electron chi connectivity index (χ2n) is 9.27. The minimum absolute atomic E-state index is 0.0195. The zero-order chi connectivity index (χ0) is 24.0. The van der Waals surface area contributed by atoms with Crippen LogP contribution >= 0.6 is 11.3 Å². The van der Waals surface area contributed by atoms with Gasteiger partial charge in [0.25, 0.3) is 0 Å². The lowest BCUT2D eigenvalue weighted by Crippen LogP contribution is -2.51. The molecule has 2 heterocycles. The van der Waals surface area contributed by atoms with Gasteiger partial charge in [0, 0.05) is 24.0 Å². The van der Waals surface area contributed by atoms with Crippen molar-refractivity contribution in [3.63, 3.8) is 0 Å². The van der Waals surface area contributed by atoms with Crippen LogP contribution in [0.3, 0.4) is 0 Å². The maximum atomic E-state index is 13.5. The Hall–Kier alpha value is -2.54. The highest BCUT2D eigenvalue weighted by atomic mass is 32.1. The molecule has 33 heavy (non-hydrogen) atoms. The predicted molar refractivity (Wildman–Crippen MR) is 134 cm³/mol. The molecule has 0 bridgehead atoms. The van der Waals surface area contributed by atoms with E-state index >= 15 is 0 Å². The van der Waals surface area contributed by atoms with Crippen molar-refractivity contribution in [3.8, 4) is 5.75 Å². The van der Waals surface area contributed by atoms with E-state index in [-0.39, 0.29) is 30.6 Å². The molecule has 6 nitrogen and oxygen atoms in total. The van der Waals surface area contributed by atoms with Crippen molar-refractivity contribution in [3.05, 3.63) is 51.7 Å². The van der Waals surface area contributed by atoms with Crippen LogP contribution in [0.15, 0.2) is 35.7 Å². The molecule has 1 N–H and O–H groups in total. The molecule has 1 aliphatic heterocycles. The fraction of sp³-hybridized carbons (Fsp3) is 0.538. The molecule has 2 atom stereocenters. The molecule has 2 aromatic rings. The number of carbonyl (C=O) groups excluding carboxylic acids is 2. The number of nitrogens with zero attached hydrogens (tertiary/aromatic N) is 2. The summed E-state index contributed by atoms with van der Waals surface area (Å²) < 4.78 is 6.11. The molecule has 180 valence electrons. The van der Waals surface area contributed by atoms with Crippen LogP contribution < -0.4 is 10.1 Å². The minimum atomic E-state index is -0.181. The lowest BCUT2D eigenvalue weighted by molar-refractivity contribution is -0.135. The lowest BCUT2D eigenvalue weighted by atomic mass is 10.00. The van der Waals surface area contributed by atoms with E-state index in [4.69, 9.17) is 4.74 Å². The second-order valence-corrected chi connectivity index (χ2v) is 10.3. The Kier molecular flexibility index (Phi) is 8.78. The number of benzene rings is 1. The number of thiophene rings is 1. The van der Waals surface area contributed by atoms with Crippen LogP contribution in [0, 0.1) is 12.8 Å². The van der Waals surface area contributed by atoms with Crippen molar-refractivity contribution >= 4 is 23.3 Å². The van der Waals surface area contributed by atoms with Gasteiger partial charge < -0.3 is 19.9 Å². The van der Waals surface area contributed by atoms with Crippen molar-refractivity contribution < 1.29 is 14.3 Å². The number of urea groups is 1. The molecule has 0 aliphatic carbocycles. The van der Waals surface area contributed by atoms with Crippen LogP contribution in [0.1, 0.15) is 56.2 Å². The number of ether oxygens (including phenoxy) is 1. The maximum absolute atomic E-state index is 13.5. The van der Waals surface area contributed by atoms with E-state index in [2.05, 4.69) is 30.6 Å². The Morgan fingerprint density at radius 3 is 2.61 bits per heavy atom. The molecule has 0 fully saturated rings. The van der Waals surface area contributed by atoms with E-state index in [1.807, 2.05) is 49.9 Å². The fourth-order valence-electron chi connectivity index (χ4n) is 4.00. The zero-order valence-corrected chi connectivity index (χ0v) is 21.3. The summed E-state index contributed by atoms with van der Waals surface area (Å²) in [6.45, 7) is 11.8. The fourth-order valence-corrected chi connectivity index (χ4v) is 4.93. The molecule has 0 spiro atoms. The Morgan fingerprint density at radius 1 is 1.21 bits per heavy atom. The van der Waals surface area contributed by atoms with Gasteiger partial charge in [-0.25, -0.2) is 4.79 Å². The van der Waals surface area contributed by atoms with E-state index < -0.39 is 0 Å². The van der Waals surface area contributed by atoms with Crippen LogP contribution in [-0.2, 0) is 11.2 Å². The van der Waals surface area contributed by atoms with E-state index in [1.54, 1.807) is 16.2 Å². The van der Waals surface area contributed by atoms with Gasteiger partial charge in [0.1, 0.15) is 18.9 Å². The number of carbonyl (C=O) groups is 2. The lowest BCUT2D eigenvalue weighted by Gasteiger charge is -2.37. The molecule has 1 aliphatic rings. The molecule has 1 aromatic carbocycles. The van der Waals surface area contributed by atoms with Crippen molar-refractivity contribution in [2.75, 3.05) is 26.2 Å². The predicted octanol–water partition coefficient (Wildman–Crippen LogP) is 5.03. The molecular formula is C26H37N3O3S. The van der Waals surface area contributed by atoms with Crippen LogP contribution in [0.25, 0.3) is 0 Å². The quantitative estimate of drug-likeness (QED) is 0.558. The summed E-state index contributed by atoms with van der Waals surface area (Å²) in [6.07, 6.45) is 1.79. The van der Waals surface area contributed by atoms with Crippen molar-refractivity contribution in [1.29, 1.82) is 0 Å². The number of nitrogens with one attached hydrogen (secondary N) is 1. The third-order valence-electron chi connectivity index (χ3n) is 6.10. The molecule has 3 rings (SSSR count). The Bertz CT molecular complexity index is 925. The SMILES string of the molecule is CC[C@@H](C)CN(CC(=O)N1CCc2sccc2[C@H]1COc1ccc(C)cc1)C(=O)NC(C)C. The van der Waals surface area contributed by atoms with Gasteiger partial charge in [0.05, 0.1) is 6.04 Å². The van der Waals surface area contributed by atoms with Crippen LogP contribution in [0.5, 0.6) is 5.75 Å². The second kappa shape index (κ2) is 11.5. The third-order valence-corrected chi connectivity index (χ3v) is 7.10. The molecule has 7 heteroatoms. The van der Waals surface area contributed by atoms with E-state index in [0.717, 1.165) is 24.2 Å². The first-order valence-corrected chi connectivity index (χ1v) is 12.8. The highest BCUT2D eigenvalue weighted by Gasteiger charge is 2.33. The Balaban J connectivity index is 1.76. The van der Waals surface area contributed by atoms with Crippen molar-refractivity contribution in [1.82, 2.24) is 15.1 Å². The van der Waals surface area contributed by atoms with E-state index in [9.17, 15) is 9.59 Å². The number of rotatable bonds is 9. The van der Waals surface area contributed by atoms with Gasteiger partial charge in [-0.2, -0.15) is 0 Å². The molecule has 0 unspecified atom stereocenters. The summed E-state index contributed by atoms with van der Waals surface area (Å²) in [5.41, 5.74) is 2.34. The zero-order valence-electron chi connectivity index (χ0n) is 20.5. The monoisotopic (exact) mass is 471 g/mol. The Morgan fingerprint density at radius 2 is 1.94 bits per heavy atom. The van der Waals surface area contributed by atoms with Gasteiger partial charge in [-0.1, -0.05) is 38.0 Å². The largest absolute Gasteiger partial charge is 0.491 e. The third kappa shape index (κ3) is 6.73. The molecule has 1 aromatic heterocycles. The molecule has 0 saturated carbocycles. The van der Waals surface area contributed by atoms with E-state index in [1.165, 1.54) is 10.4 Å². The molecule has 3 amide bonds. The van der Waals surface area contributed by atoms with Gasteiger partial charge in [-0.15, -0.1) is 11.3 Å². The Labute approximate surface area is 201 Å². The van der Waals surface area contributed by atoms with Crippen LogP contribution in [-0.4, -0.2) is 54.0 Å². The summed E-state index contributed by atoms with van der Waals surface area (Å²) in [6, 6.07) is 9.75. The van der Waals surface area contributed by atoms with Crippen LogP contribution in [0.2, 0.25) is 0 Å². The normalized spacial score (nSPS) is 16.3. The smallest absolute Gasteiger partial charge is 0.318 e. The van der Waals surface area contributed by atoms with Gasteiger partial charge in [0.2, 0.25) is 5.91 Å².